The van der Waals surface area contributed by atoms with Crippen molar-refractivity contribution >= 4 is 11.6 Å². The van der Waals surface area contributed by atoms with Crippen LogP contribution in [0.2, 0.25) is 0 Å². The summed E-state index contributed by atoms with van der Waals surface area (Å²) in [6.45, 7) is 4.38. The minimum Gasteiger partial charge on any atom is -0.325 e. The summed E-state index contributed by atoms with van der Waals surface area (Å²) in [5.41, 5.74) is 5.66. The zero-order valence-corrected chi connectivity index (χ0v) is 15.9. The normalized spacial score (nSPS) is 11.8. The lowest BCUT2D eigenvalue weighted by molar-refractivity contribution is -0.115. The van der Waals surface area contributed by atoms with Crippen LogP contribution in [0.25, 0.3) is 0 Å². The van der Waals surface area contributed by atoms with Gasteiger partial charge < -0.3 is 10.6 Å². The highest BCUT2D eigenvalue weighted by molar-refractivity contribution is 5.92. The van der Waals surface area contributed by atoms with Crippen LogP contribution in [0.1, 0.15) is 28.3 Å². The van der Waals surface area contributed by atoms with Gasteiger partial charge in [-0.15, -0.1) is 0 Å². The molecular formula is C24H26N2O. The summed E-state index contributed by atoms with van der Waals surface area (Å²) in [4.78, 5) is 12.4. The monoisotopic (exact) mass is 358 g/mol. The minimum atomic E-state index is -0.0350. The van der Waals surface area contributed by atoms with Crippen LogP contribution in [0.4, 0.5) is 5.69 Å². The van der Waals surface area contributed by atoms with Gasteiger partial charge in [-0.2, -0.15) is 0 Å². The van der Waals surface area contributed by atoms with Crippen LogP contribution in [-0.4, -0.2) is 12.5 Å². The number of aryl methyl sites for hydroxylation is 2. The summed E-state index contributed by atoms with van der Waals surface area (Å²) in [6, 6.07) is 26.7. The zero-order valence-electron chi connectivity index (χ0n) is 15.9. The maximum Gasteiger partial charge on any atom is 0.238 e. The number of hydrogen-bond acceptors (Lipinski definition) is 2. The summed E-state index contributed by atoms with van der Waals surface area (Å²) >= 11 is 0. The largest absolute Gasteiger partial charge is 0.325 e. The Bertz CT molecular complexity index is 875. The first-order valence-electron chi connectivity index (χ1n) is 9.31. The maximum absolute atomic E-state index is 12.4. The molecule has 27 heavy (non-hydrogen) atoms. The number of hydrogen-bond donors (Lipinski definition) is 2. The fourth-order valence-corrected chi connectivity index (χ4v) is 3.08. The SMILES string of the molecule is Cc1ccc(NC(=O)CN[C@@H](Cc2ccccc2)c2ccccc2)cc1C. The smallest absolute Gasteiger partial charge is 0.238 e. The lowest BCUT2D eigenvalue weighted by Crippen LogP contribution is -2.32. The molecule has 0 spiro atoms. The molecule has 3 rings (SSSR count). The quantitative estimate of drug-likeness (QED) is 0.636. The lowest BCUT2D eigenvalue weighted by Gasteiger charge is -2.19. The first-order chi connectivity index (χ1) is 13.1. The van der Waals surface area contributed by atoms with Crippen LogP contribution >= 0.6 is 0 Å². The van der Waals surface area contributed by atoms with E-state index >= 15 is 0 Å². The van der Waals surface area contributed by atoms with Gasteiger partial charge in [-0.1, -0.05) is 66.7 Å². The molecule has 138 valence electrons. The molecule has 3 aromatic rings. The van der Waals surface area contributed by atoms with E-state index in [9.17, 15) is 4.79 Å². The van der Waals surface area contributed by atoms with Gasteiger partial charge in [0.25, 0.3) is 0 Å². The van der Waals surface area contributed by atoms with Crippen molar-refractivity contribution in [2.75, 3.05) is 11.9 Å². The van der Waals surface area contributed by atoms with Gasteiger partial charge in [0.1, 0.15) is 0 Å². The number of nitrogens with one attached hydrogen (secondary N) is 2. The van der Waals surface area contributed by atoms with Crippen LogP contribution in [0, 0.1) is 13.8 Å². The molecule has 0 aliphatic carbocycles. The standard InChI is InChI=1S/C24H26N2O/c1-18-13-14-22(15-19(18)2)26-24(27)17-25-23(21-11-7-4-8-12-21)16-20-9-5-3-6-10-20/h3-15,23,25H,16-17H2,1-2H3,(H,26,27)/t23-/m0/s1. The molecule has 1 amide bonds. The Balaban J connectivity index is 1.65. The molecular weight excluding hydrogens is 332 g/mol. The molecule has 0 radical (unpaired) electrons. The number of rotatable bonds is 7. The van der Waals surface area contributed by atoms with Gasteiger partial charge in [0.05, 0.1) is 6.54 Å². The topological polar surface area (TPSA) is 41.1 Å². The van der Waals surface area contributed by atoms with Gasteiger partial charge in [0, 0.05) is 11.7 Å². The lowest BCUT2D eigenvalue weighted by atomic mass is 9.99. The Morgan fingerprint density at radius 1 is 0.852 bits per heavy atom. The molecule has 0 aliphatic rings. The fourth-order valence-electron chi connectivity index (χ4n) is 3.08. The predicted octanol–water partition coefficient (Wildman–Crippen LogP) is 4.82. The highest BCUT2D eigenvalue weighted by atomic mass is 16.1. The fraction of sp³-hybridized carbons (Fsp3) is 0.208. The van der Waals surface area contributed by atoms with E-state index in [4.69, 9.17) is 0 Å². The molecule has 0 saturated carbocycles. The second-order valence-electron chi connectivity index (χ2n) is 6.88. The Morgan fingerprint density at radius 2 is 1.52 bits per heavy atom. The van der Waals surface area contributed by atoms with Crippen molar-refractivity contribution in [1.82, 2.24) is 5.32 Å². The van der Waals surface area contributed by atoms with Gasteiger partial charge in [0.2, 0.25) is 5.91 Å². The number of carbonyl (C=O) groups excluding carboxylic acids is 1. The summed E-state index contributed by atoms with van der Waals surface area (Å²) in [6.07, 6.45) is 0.835. The van der Waals surface area contributed by atoms with Crippen LogP contribution < -0.4 is 10.6 Å². The Labute approximate surface area is 161 Å². The molecule has 2 N–H and O–H groups in total. The van der Waals surface area contributed by atoms with Gasteiger partial charge in [-0.05, 0) is 54.7 Å². The second-order valence-corrected chi connectivity index (χ2v) is 6.88. The minimum absolute atomic E-state index is 0.0350. The molecule has 0 aromatic heterocycles. The number of carbonyl (C=O) groups is 1. The molecule has 3 nitrogen and oxygen atoms in total. The van der Waals surface area contributed by atoms with Gasteiger partial charge in [-0.25, -0.2) is 0 Å². The highest BCUT2D eigenvalue weighted by Gasteiger charge is 2.13. The summed E-state index contributed by atoms with van der Waals surface area (Å²) in [7, 11) is 0. The summed E-state index contributed by atoms with van der Waals surface area (Å²) < 4.78 is 0. The molecule has 0 aliphatic heterocycles. The Hall–Kier alpha value is -2.91. The van der Waals surface area contributed by atoms with Crippen LogP contribution in [0.5, 0.6) is 0 Å². The van der Waals surface area contributed by atoms with E-state index in [2.05, 4.69) is 48.7 Å². The van der Waals surface area contributed by atoms with E-state index in [0.29, 0.717) is 0 Å². The van der Waals surface area contributed by atoms with Gasteiger partial charge in [-0.3, -0.25) is 4.79 Å². The second kappa shape index (κ2) is 9.15. The van der Waals surface area contributed by atoms with E-state index < -0.39 is 0 Å². The first-order valence-corrected chi connectivity index (χ1v) is 9.31. The molecule has 3 aromatic carbocycles. The molecule has 0 bridgehead atoms. The van der Waals surface area contributed by atoms with E-state index in [-0.39, 0.29) is 18.5 Å². The number of benzene rings is 3. The number of anilines is 1. The molecule has 0 fully saturated rings. The zero-order chi connectivity index (χ0) is 19.1. The highest BCUT2D eigenvalue weighted by Crippen LogP contribution is 2.18. The third-order valence-electron chi connectivity index (χ3n) is 4.78. The first kappa shape index (κ1) is 18.9. The van der Waals surface area contributed by atoms with E-state index in [1.54, 1.807) is 0 Å². The van der Waals surface area contributed by atoms with E-state index in [0.717, 1.165) is 12.1 Å². The van der Waals surface area contributed by atoms with E-state index in [1.807, 2.05) is 54.6 Å². The van der Waals surface area contributed by atoms with Gasteiger partial charge >= 0.3 is 0 Å². The third-order valence-corrected chi connectivity index (χ3v) is 4.78. The molecule has 0 saturated heterocycles. The Morgan fingerprint density at radius 3 is 2.19 bits per heavy atom. The van der Waals surface area contributed by atoms with Crippen LogP contribution in [0.15, 0.2) is 78.9 Å². The van der Waals surface area contributed by atoms with Crippen molar-refractivity contribution in [2.24, 2.45) is 0 Å². The van der Waals surface area contributed by atoms with Crippen molar-refractivity contribution < 1.29 is 4.79 Å². The average molecular weight is 358 g/mol. The van der Waals surface area contributed by atoms with Crippen LogP contribution in [0.3, 0.4) is 0 Å². The van der Waals surface area contributed by atoms with Crippen LogP contribution in [-0.2, 0) is 11.2 Å². The summed E-state index contributed by atoms with van der Waals surface area (Å²) in [5, 5.41) is 6.40. The van der Waals surface area contributed by atoms with Crippen molar-refractivity contribution in [3.63, 3.8) is 0 Å². The third kappa shape index (κ3) is 5.53. The Kier molecular flexibility index (Phi) is 6.39. The molecule has 3 heteroatoms. The average Bonchev–Trinajstić information content (AvgIpc) is 2.69. The molecule has 1 atom stereocenters. The van der Waals surface area contributed by atoms with E-state index in [1.165, 1.54) is 22.3 Å². The predicted molar refractivity (Wildman–Crippen MR) is 112 cm³/mol. The van der Waals surface area contributed by atoms with Gasteiger partial charge in [0.15, 0.2) is 0 Å². The molecule has 0 heterocycles. The molecule has 0 unspecified atom stereocenters. The van der Waals surface area contributed by atoms with Crippen molar-refractivity contribution in [3.8, 4) is 0 Å². The maximum atomic E-state index is 12.4. The summed E-state index contributed by atoms with van der Waals surface area (Å²) in [5.74, 6) is -0.0350. The van der Waals surface area contributed by atoms with Crippen molar-refractivity contribution in [2.45, 2.75) is 26.3 Å². The van der Waals surface area contributed by atoms with Crippen molar-refractivity contribution in [1.29, 1.82) is 0 Å². The van der Waals surface area contributed by atoms with Crippen molar-refractivity contribution in [3.05, 3.63) is 101 Å². The number of amides is 1.